The van der Waals surface area contributed by atoms with E-state index in [-0.39, 0.29) is 10.4 Å². The number of alkyl halides is 2. The van der Waals surface area contributed by atoms with Gasteiger partial charge in [-0.15, -0.1) is 0 Å². The second-order valence-electron chi connectivity index (χ2n) is 5.39. The predicted molar refractivity (Wildman–Crippen MR) is 75.9 cm³/mol. The summed E-state index contributed by atoms with van der Waals surface area (Å²) in [6.45, 7) is 4.74. The third-order valence-corrected chi connectivity index (χ3v) is 4.75. The zero-order valence-electron chi connectivity index (χ0n) is 12.0. The van der Waals surface area contributed by atoms with Crippen molar-refractivity contribution in [1.82, 2.24) is 4.90 Å². The van der Waals surface area contributed by atoms with Crippen LogP contribution in [0.4, 0.5) is 14.5 Å². The summed E-state index contributed by atoms with van der Waals surface area (Å²) in [5, 5.41) is 3.15. The number of benzene rings is 1. The monoisotopic (exact) mass is 306 g/mol. The normalized spacial score (nSPS) is 13.0. The van der Waals surface area contributed by atoms with Gasteiger partial charge in [0.05, 0.1) is 4.90 Å². The fraction of sp³-hybridized carbons (Fsp3) is 0.538. The van der Waals surface area contributed by atoms with Gasteiger partial charge in [0.2, 0.25) is 9.84 Å². The summed E-state index contributed by atoms with van der Waals surface area (Å²) in [6.07, 6.45) is 0. The lowest BCUT2D eigenvalue weighted by Gasteiger charge is -2.33. The molecule has 0 aliphatic rings. The van der Waals surface area contributed by atoms with Crippen LogP contribution >= 0.6 is 0 Å². The predicted octanol–water partition coefficient (Wildman–Crippen LogP) is 2.44. The first-order valence-electron chi connectivity index (χ1n) is 6.11. The first-order chi connectivity index (χ1) is 9.07. The van der Waals surface area contributed by atoms with Gasteiger partial charge in [-0.1, -0.05) is 0 Å². The highest BCUT2D eigenvalue weighted by molar-refractivity contribution is 7.91. The van der Waals surface area contributed by atoms with Crippen molar-refractivity contribution >= 4 is 15.5 Å². The molecule has 0 saturated carbocycles. The maximum atomic E-state index is 12.4. The topological polar surface area (TPSA) is 49.4 Å². The first-order valence-corrected chi connectivity index (χ1v) is 7.65. The Bertz CT molecular complexity index is 540. The molecule has 0 aliphatic carbocycles. The van der Waals surface area contributed by atoms with E-state index in [4.69, 9.17) is 0 Å². The minimum Gasteiger partial charge on any atom is -0.383 e. The third-order valence-electron chi connectivity index (χ3n) is 3.35. The second-order valence-corrected chi connectivity index (χ2v) is 7.31. The van der Waals surface area contributed by atoms with Crippen LogP contribution in [-0.2, 0) is 9.84 Å². The van der Waals surface area contributed by atoms with Crippen LogP contribution < -0.4 is 5.32 Å². The molecule has 0 aromatic heterocycles. The lowest BCUT2D eigenvalue weighted by atomic mass is 10.0. The van der Waals surface area contributed by atoms with Crippen LogP contribution in [0.1, 0.15) is 13.8 Å². The third kappa shape index (κ3) is 3.89. The fourth-order valence-electron chi connectivity index (χ4n) is 1.34. The van der Waals surface area contributed by atoms with Gasteiger partial charge in [-0.25, -0.2) is 8.42 Å². The molecule has 1 N–H and O–H groups in total. The van der Waals surface area contributed by atoms with Gasteiger partial charge in [0.1, 0.15) is 0 Å². The van der Waals surface area contributed by atoms with Crippen LogP contribution in [-0.4, -0.2) is 45.3 Å². The SMILES string of the molecule is CN(C)C(C)(C)CNc1ccc(S(=O)(=O)C(F)F)cc1. The molecule has 0 unspecified atom stereocenters. The molecule has 0 aliphatic heterocycles. The van der Waals surface area contributed by atoms with Crippen molar-refractivity contribution in [2.75, 3.05) is 26.0 Å². The van der Waals surface area contributed by atoms with Crippen LogP contribution in [0.25, 0.3) is 0 Å². The van der Waals surface area contributed by atoms with Gasteiger partial charge in [0.25, 0.3) is 0 Å². The number of nitrogens with one attached hydrogen (secondary N) is 1. The summed E-state index contributed by atoms with van der Waals surface area (Å²) < 4.78 is 47.3. The average molecular weight is 306 g/mol. The number of anilines is 1. The molecule has 0 heterocycles. The van der Waals surface area contributed by atoms with Gasteiger partial charge in [-0.05, 0) is 52.2 Å². The highest BCUT2D eigenvalue weighted by Crippen LogP contribution is 2.21. The molecule has 0 fully saturated rings. The number of likely N-dealkylation sites (N-methyl/N-ethyl adjacent to an activating group) is 1. The van der Waals surface area contributed by atoms with Crippen molar-refractivity contribution in [3.63, 3.8) is 0 Å². The minimum atomic E-state index is -4.52. The average Bonchev–Trinajstić information content (AvgIpc) is 2.36. The molecule has 1 aromatic carbocycles. The Balaban J connectivity index is 2.79. The molecule has 1 rings (SSSR count). The van der Waals surface area contributed by atoms with Gasteiger partial charge in [-0.3, -0.25) is 0 Å². The van der Waals surface area contributed by atoms with Crippen molar-refractivity contribution in [2.24, 2.45) is 0 Å². The van der Waals surface area contributed by atoms with Crippen molar-refractivity contribution in [3.8, 4) is 0 Å². The summed E-state index contributed by atoms with van der Waals surface area (Å²) in [5.41, 5.74) is 0.599. The summed E-state index contributed by atoms with van der Waals surface area (Å²) in [7, 11) is -0.603. The highest BCUT2D eigenvalue weighted by Gasteiger charge is 2.26. The Morgan fingerprint density at radius 1 is 1.20 bits per heavy atom. The van der Waals surface area contributed by atoms with E-state index in [9.17, 15) is 17.2 Å². The number of hydrogen-bond donors (Lipinski definition) is 1. The maximum absolute atomic E-state index is 12.4. The Hall–Kier alpha value is -1.21. The van der Waals surface area contributed by atoms with E-state index >= 15 is 0 Å². The van der Waals surface area contributed by atoms with Crippen LogP contribution in [0, 0.1) is 0 Å². The first kappa shape index (κ1) is 16.8. The minimum absolute atomic E-state index is 0.0896. The van der Waals surface area contributed by atoms with Gasteiger partial charge in [-0.2, -0.15) is 8.78 Å². The quantitative estimate of drug-likeness (QED) is 0.877. The zero-order valence-corrected chi connectivity index (χ0v) is 12.8. The van der Waals surface area contributed by atoms with Gasteiger partial charge >= 0.3 is 5.76 Å². The van der Waals surface area contributed by atoms with Crippen molar-refractivity contribution in [1.29, 1.82) is 0 Å². The number of nitrogens with zero attached hydrogens (tertiary/aromatic N) is 1. The number of rotatable bonds is 6. The molecular weight excluding hydrogens is 286 g/mol. The maximum Gasteiger partial charge on any atom is 0.341 e. The molecule has 0 saturated heterocycles. The number of halogens is 2. The molecule has 20 heavy (non-hydrogen) atoms. The van der Waals surface area contributed by atoms with Crippen LogP contribution in [0.15, 0.2) is 29.2 Å². The summed E-state index contributed by atoms with van der Waals surface area (Å²) in [5.74, 6) is -3.39. The van der Waals surface area contributed by atoms with Gasteiger partial charge in [0, 0.05) is 17.8 Å². The Kier molecular flexibility index (Phi) is 5.10. The molecule has 4 nitrogen and oxygen atoms in total. The van der Waals surface area contributed by atoms with E-state index in [1.807, 2.05) is 14.1 Å². The lowest BCUT2D eigenvalue weighted by molar-refractivity contribution is 0.210. The molecule has 0 amide bonds. The lowest BCUT2D eigenvalue weighted by Crippen LogP contribution is -2.44. The van der Waals surface area contributed by atoms with E-state index in [2.05, 4.69) is 24.1 Å². The molecule has 1 aromatic rings. The van der Waals surface area contributed by atoms with Crippen LogP contribution in [0.3, 0.4) is 0 Å². The summed E-state index contributed by atoms with van der Waals surface area (Å²) in [6, 6.07) is 5.35. The Morgan fingerprint density at radius 2 is 1.70 bits per heavy atom. The largest absolute Gasteiger partial charge is 0.383 e. The van der Waals surface area contributed by atoms with Gasteiger partial charge < -0.3 is 10.2 Å². The zero-order chi connectivity index (χ0) is 15.6. The Labute approximate surface area is 118 Å². The number of hydrogen-bond acceptors (Lipinski definition) is 4. The van der Waals surface area contributed by atoms with E-state index in [1.54, 1.807) is 0 Å². The van der Waals surface area contributed by atoms with E-state index < -0.39 is 15.6 Å². The molecule has 114 valence electrons. The molecule has 0 spiro atoms. The van der Waals surface area contributed by atoms with Crippen molar-refractivity contribution in [2.45, 2.75) is 30.0 Å². The van der Waals surface area contributed by atoms with E-state index in [0.29, 0.717) is 12.2 Å². The van der Waals surface area contributed by atoms with Crippen LogP contribution in [0.2, 0.25) is 0 Å². The van der Waals surface area contributed by atoms with Crippen molar-refractivity contribution in [3.05, 3.63) is 24.3 Å². The molecule has 0 bridgehead atoms. The summed E-state index contributed by atoms with van der Waals surface area (Å²) >= 11 is 0. The van der Waals surface area contributed by atoms with E-state index in [0.717, 1.165) is 0 Å². The summed E-state index contributed by atoms with van der Waals surface area (Å²) in [4.78, 5) is 1.68. The fourth-order valence-corrected chi connectivity index (χ4v) is 2.06. The van der Waals surface area contributed by atoms with E-state index in [1.165, 1.54) is 24.3 Å². The molecular formula is C13H20F2N2O2S. The standard InChI is InChI=1S/C13H20F2N2O2S/c1-13(2,17(3)4)9-16-10-5-7-11(8-6-10)20(18,19)12(14)15/h5-8,12,16H,9H2,1-4H3. The smallest absolute Gasteiger partial charge is 0.341 e. The molecule has 7 heteroatoms. The highest BCUT2D eigenvalue weighted by atomic mass is 32.2. The molecule has 0 atom stereocenters. The van der Waals surface area contributed by atoms with Gasteiger partial charge in [0.15, 0.2) is 0 Å². The Morgan fingerprint density at radius 3 is 2.10 bits per heavy atom. The van der Waals surface area contributed by atoms with Crippen LogP contribution in [0.5, 0.6) is 0 Å². The molecule has 0 radical (unpaired) electrons. The second kappa shape index (κ2) is 6.05. The van der Waals surface area contributed by atoms with Crippen molar-refractivity contribution < 1.29 is 17.2 Å². The number of sulfone groups is 1.